The molecule has 2 N–H and O–H groups in total. The van der Waals surface area contributed by atoms with Gasteiger partial charge in [-0.2, -0.15) is 0 Å². The Labute approximate surface area is 191 Å². The van der Waals surface area contributed by atoms with Crippen molar-refractivity contribution in [1.29, 1.82) is 0 Å². The monoisotopic (exact) mass is 455 g/mol. The summed E-state index contributed by atoms with van der Waals surface area (Å²) in [7, 11) is 0. The predicted octanol–water partition coefficient (Wildman–Crippen LogP) is 3.20. The largest absolute Gasteiger partial charge is 0.488 e. The molecule has 3 heterocycles. The number of aliphatic hydroxyl groups is 1. The number of fused-ring (bicyclic) bond motifs is 1. The smallest absolute Gasteiger partial charge is 0.157 e. The van der Waals surface area contributed by atoms with Crippen molar-refractivity contribution in [2.45, 2.75) is 51.0 Å². The number of anilines is 1. The van der Waals surface area contributed by atoms with E-state index < -0.39 is 6.23 Å². The fourth-order valence-corrected chi connectivity index (χ4v) is 5.16. The van der Waals surface area contributed by atoms with Crippen molar-refractivity contribution in [1.82, 2.24) is 20.3 Å². The maximum absolute atomic E-state index is 10.4. The molecule has 32 heavy (non-hydrogen) atoms. The molecule has 3 aromatic rings. The van der Waals surface area contributed by atoms with Crippen molar-refractivity contribution in [2.75, 3.05) is 31.2 Å². The van der Waals surface area contributed by atoms with Crippen LogP contribution in [0.5, 0.6) is 5.75 Å². The summed E-state index contributed by atoms with van der Waals surface area (Å²) in [5.41, 5.74) is 2.76. The first-order valence-electron chi connectivity index (χ1n) is 11.3. The number of nitrogens with zero attached hydrogens (tertiary/aromatic N) is 4. The SMILES string of the molecule is Cc1cnc(C(O)N[C@H]2CC[C@@H](Oc3cc(N4CCOCC4)cc4nccnc34)CC2)s1. The Hall–Kier alpha value is -2.33. The lowest BCUT2D eigenvalue weighted by Crippen LogP contribution is -2.38. The van der Waals surface area contributed by atoms with Crippen LogP contribution in [0, 0.1) is 6.92 Å². The number of rotatable bonds is 6. The lowest BCUT2D eigenvalue weighted by atomic mass is 9.93. The van der Waals surface area contributed by atoms with Crippen LogP contribution in [0.15, 0.2) is 30.7 Å². The predicted molar refractivity (Wildman–Crippen MR) is 124 cm³/mol. The van der Waals surface area contributed by atoms with E-state index in [1.807, 2.05) is 6.92 Å². The normalized spacial score (nSPS) is 22.8. The molecule has 1 aliphatic carbocycles. The highest BCUT2D eigenvalue weighted by molar-refractivity contribution is 7.11. The number of morpholine rings is 1. The summed E-state index contributed by atoms with van der Waals surface area (Å²) in [6.07, 6.45) is 8.38. The second-order valence-corrected chi connectivity index (χ2v) is 9.70. The number of thiazole rings is 1. The Bertz CT molecular complexity index is 1050. The Morgan fingerprint density at radius 2 is 1.91 bits per heavy atom. The van der Waals surface area contributed by atoms with Crippen molar-refractivity contribution < 1.29 is 14.6 Å². The van der Waals surface area contributed by atoms with Crippen LogP contribution in [0.1, 0.15) is 41.8 Å². The summed E-state index contributed by atoms with van der Waals surface area (Å²) in [6.45, 7) is 5.20. The topological polar surface area (TPSA) is 92.6 Å². The first kappa shape index (κ1) is 21.5. The second-order valence-electron chi connectivity index (χ2n) is 8.44. The molecular weight excluding hydrogens is 426 g/mol. The van der Waals surface area contributed by atoms with Crippen molar-refractivity contribution in [3.8, 4) is 5.75 Å². The summed E-state index contributed by atoms with van der Waals surface area (Å²) >= 11 is 1.53. The standard InChI is InChI=1S/C23H29N5O3S/c1-15-14-26-23(32-15)22(29)27-16-2-4-18(5-3-16)31-20-13-17(28-8-10-30-11-9-28)12-19-21(20)25-7-6-24-19/h6-7,12-14,16,18,22,27,29H,2-5,8-11H2,1H3/t16-,18+,22?. The molecule has 0 radical (unpaired) electrons. The van der Waals surface area contributed by atoms with Crippen LogP contribution in [-0.2, 0) is 4.74 Å². The minimum atomic E-state index is -0.708. The highest BCUT2D eigenvalue weighted by Crippen LogP contribution is 2.33. The molecule has 1 atom stereocenters. The summed E-state index contributed by atoms with van der Waals surface area (Å²) in [6, 6.07) is 4.44. The van der Waals surface area contributed by atoms with Gasteiger partial charge in [0.1, 0.15) is 16.3 Å². The zero-order valence-electron chi connectivity index (χ0n) is 18.2. The van der Waals surface area contributed by atoms with Gasteiger partial charge in [0.05, 0.1) is 24.8 Å². The van der Waals surface area contributed by atoms with Crippen LogP contribution in [0.25, 0.3) is 11.0 Å². The average molecular weight is 456 g/mol. The maximum Gasteiger partial charge on any atom is 0.157 e. The van der Waals surface area contributed by atoms with E-state index in [4.69, 9.17) is 9.47 Å². The molecule has 0 amide bonds. The number of nitrogens with one attached hydrogen (secondary N) is 1. The number of aromatic nitrogens is 3. The molecule has 0 bridgehead atoms. The molecular formula is C23H29N5O3S. The molecule has 1 aromatic carbocycles. The Kier molecular flexibility index (Phi) is 6.49. The van der Waals surface area contributed by atoms with Crippen LogP contribution in [-0.4, -0.2) is 58.5 Å². The van der Waals surface area contributed by atoms with Crippen LogP contribution in [0.3, 0.4) is 0 Å². The van der Waals surface area contributed by atoms with Gasteiger partial charge in [-0.05, 0) is 38.7 Å². The molecule has 5 rings (SSSR count). The molecule has 170 valence electrons. The van der Waals surface area contributed by atoms with Crippen molar-refractivity contribution in [3.63, 3.8) is 0 Å². The van der Waals surface area contributed by atoms with Crippen molar-refractivity contribution >= 4 is 28.1 Å². The molecule has 1 aliphatic heterocycles. The van der Waals surface area contributed by atoms with E-state index in [9.17, 15) is 5.11 Å². The Balaban J connectivity index is 1.25. The summed E-state index contributed by atoms with van der Waals surface area (Å²) in [4.78, 5) is 16.8. The zero-order chi connectivity index (χ0) is 21.9. The fraction of sp³-hybridized carbons (Fsp3) is 0.522. The maximum atomic E-state index is 10.4. The van der Waals surface area contributed by atoms with Gasteiger partial charge in [-0.1, -0.05) is 0 Å². The van der Waals surface area contributed by atoms with E-state index in [0.717, 1.165) is 84.3 Å². The first-order valence-corrected chi connectivity index (χ1v) is 12.1. The van der Waals surface area contributed by atoms with Crippen molar-refractivity contribution in [2.24, 2.45) is 0 Å². The van der Waals surface area contributed by atoms with Gasteiger partial charge in [0.25, 0.3) is 0 Å². The van der Waals surface area contributed by atoms with Gasteiger partial charge in [-0.25, -0.2) is 9.97 Å². The Morgan fingerprint density at radius 1 is 1.12 bits per heavy atom. The van der Waals surface area contributed by atoms with Gasteiger partial charge >= 0.3 is 0 Å². The highest BCUT2D eigenvalue weighted by atomic mass is 32.1. The van der Waals surface area contributed by atoms with Gasteiger partial charge < -0.3 is 19.5 Å². The second kappa shape index (κ2) is 9.66. The van der Waals surface area contributed by atoms with E-state index in [2.05, 4.69) is 37.3 Å². The number of benzene rings is 1. The number of hydrogen-bond donors (Lipinski definition) is 2. The highest BCUT2D eigenvalue weighted by Gasteiger charge is 2.26. The van der Waals surface area contributed by atoms with Gasteiger partial charge in [-0.3, -0.25) is 10.3 Å². The van der Waals surface area contributed by atoms with Gasteiger partial charge in [0.2, 0.25) is 0 Å². The van der Waals surface area contributed by atoms with E-state index in [0.29, 0.717) is 0 Å². The zero-order valence-corrected chi connectivity index (χ0v) is 19.1. The number of aliphatic hydroxyl groups excluding tert-OH is 1. The molecule has 1 unspecified atom stereocenters. The summed E-state index contributed by atoms with van der Waals surface area (Å²) in [5.74, 6) is 0.798. The quantitative estimate of drug-likeness (QED) is 0.548. The van der Waals surface area contributed by atoms with Crippen molar-refractivity contribution in [3.05, 3.63) is 40.6 Å². The van der Waals surface area contributed by atoms with E-state index in [1.54, 1.807) is 18.6 Å². The van der Waals surface area contributed by atoms with E-state index in [1.165, 1.54) is 11.3 Å². The third kappa shape index (κ3) is 4.85. The minimum Gasteiger partial charge on any atom is -0.488 e. The van der Waals surface area contributed by atoms with Crippen LogP contribution in [0.4, 0.5) is 5.69 Å². The number of aryl methyl sites for hydroxylation is 1. The molecule has 1 saturated heterocycles. The van der Waals surface area contributed by atoms with Gasteiger partial charge in [0.15, 0.2) is 6.23 Å². The average Bonchev–Trinajstić information content (AvgIpc) is 3.27. The fourth-order valence-electron chi connectivity index (χ4n) is 4.44. The lowest BCUT2D eigenvalue weighted by Gasteiger charge is -2.32. The minimum absolute atomic E-state index is 0.123. The van der Waals surface area contributed by atoms with E-state index in [-0.39, 0.29) is 12.1 Å². The van der Waals surface area contributed by atoms with Gasteiger partial charge in [-0.15, -0.1) is 11.3 Å². The van der Waals surface area contributed by atoms with E-state index >= 15 is 0 Å². The summed E-state index contributed by atoms with van der Waals surface area (Å²) in [5, 5.41) is 14.5. The third-order valence-electron chi connectivity index (χ3n) is 6.13. The molecule has 2 aromatic heterocycles. The molecule has 2 fully saturated rings. The number of ether oxygens (including phenoxy) is 2. The number of hydrogen-bond acceptors (Lipinski definition) is 9. The molecule has 0 spiro atoms. The molecule has 8 nitrogen and oxygen atoms in total. The van der Waals surface area contributed by atoms with Crippen LogP contribution in [0.2, 0.25) is 0 Å². The van der Waals surface area contributed by atoms with Crippen LogP contribution >= 0.6 is 11.3 Å². The molecule has 2 aliphatic rings. The summed E-state index contributed by atoms with van der Waals surface area (Å²) < 4.78 is 12.0. The van der Waals surface area contributed by atoms with Crippen LogP contribution < -0.4 is 15.0 Å². The third-order valence-corrected chi connectivity index (χ3v) is 7.10. The molecule has 1 saturated carbocycles. The van der Waals surface area contributed by atoms with Gasteiger partial charge in [0, 0.05) is 54.4 Å². The first-order chi connectivity index (χ1) is 15.7. The Morgan fingerprint density at radius 3 is 2.66 bits per heavy atom. The molecule has 9 heteroatoms. The lowest BCUT2D eigenvalue weighted by molar-refractivity contribution is 0.0889.